The molecule has 0 N–H and O–H groups in total. The third-order valence-electron chi connectivity index (χ3n) is 8.53. The van der Waals surface area contributed by atoms with Crippen molar-refractivity contribution in [2.24, 2.45) is 28.6 Å². The van der Waals surface area contributed by atoms with Crippen molar-refractivity contribution in [2.45, 2.75) is 99.3 Å². The van der Waals surface area contributed by atoms with Gasteiger partial charge < -0.3 is 0 Å². The highest BCUT2D eigenvalue weighted by Gasteiger charge is 2.44. The van der Waals surface area contributed by atoms with Gasteiger partial charge in [-0.2, -0.15) is 0 Å². The van der Waals surface area contributed by atoms with E-state index in [0.717, 1.165) is 18.3 Å². The van der Waals surface area contributed by atoms with Gasteiger partial charge in [0.25, 0.3) is 0 Å². The van der Waals surface area contributed by atoms with E-state index in [0.29, 0.717) is 11.3 Å². The van der Waals surface area contributed by atoms with E-state index in [9.17, 15) is 0 Å². The Balaban J connectivity index is 1.68. The van der Waals surface area contributed by atoms with Gasteiger partial charge in [0, 0.05) is 0 Å². The topological polar surface area (TPSA) is 0 Å². The van der Waals surface area contributed by atoms with Crippen molar-refractivity contribution in [1.82, 2.24) is 0 Å². The maximum absolute atomic E-state index is 4.42. The van der Waals surface area contributed by atoms with E-state index in [1.165, 1.54) is 68.1 Å². The Morgan fingerprint density at radius 2 is 1.97 bits per heavy atom. The smallest absolute Gasteiger partial charge is 0.00478 e. The zero-order valence-corrected chi connectivity index (χ0v) is 20.7. The fourth-order valence-corrected chi connectivity index (χ4v) is 6.20. The molecule has 0 radical (unpaired) electrons. The number of rotatable bonds is 5. The summed E-state index contributed by atoms with van der Waals surface area (Å²) in [5.74, 6) is 2.14. The molecule has 0 spiro atoms. The van der Waals surface area contributed by atoms with E-state index in [-0.39, 0.29) is 5.41 Å². The molecule has 2 saturated carbocycles. The quantitative estimate of drug-likeness (QED) is 0.399. The minimum Gasteiger partial charge on any atom is -0.0993 e. The predicted octanol–water partition coefficient (Wildman–Crippen LogP) is 9.37. The number of hydrogen-bond acceptors (Lipinski definition) is 0. The monoisotopic (exact) mass is 406 g/mol. The Kier molecular flexibility index (Phi) is 7.05. The first kappa shape index (κ1) is 23.4. The van der Waals surface area contributed by atoms with Crippen molar-refractivity contribution in [1.29, 1.82) is 0 Å². The molecule has 0 amide bonds. The molecule has 0 saturated heterocycles. The van der Waals surface area contributed by atoms with Gasteiger partial charge in [0.15, 0.2) is 0 Å². The zero-order chi connectivity index (χ0) is 22.1. The predicted molar refractivity (Wildman–Crippen MR) is 133 cm³/mol. The maximum atomic E-state index is 4.42. The molecule has 2 fully saturated rings. The molecular formula is C30H46. The summed E-state index contributed by atoms with van der Waals surface area (Å²) >= 11 is 0. The molecule has 0 heteroatoms. The normalized spacial score (nSPS) is 34.9. The van der Waals surface area contributed by atoms with Crippen LogP contribution in [-0.4, -0.2) is 0 Å². The number of hydrogen-bond donors (Lipinski definition) is 0. The highest BCUT2D eigenvalue weighted by atomic mass is 14.5. The van der Waals surface area contributed by atoms with E-state index in [1.54, 1.807) is 11.1 Å². The van der Waals surface area contributed by atoms with Crippen LogP contribution in [0.4, 0.5) is 0 Å². The highest BCUT2D eigenvalue weighted by molar-refractivity contribution is 5.39. The lowest BCUT2D eigenvalue weighted by molar-refractivity contribution is 0.228. The van der Waals surface area contributed by atoms with Gasteiger partial charge in [-0.1, -0.05) is 89.6 Å². The summed E-state index contributed by atoms with van der Waals surface area (Å²) in [4.78, 5) is 0. The molecule has 0 aromatic heterocycles. The minimum absolute atomic E-state index is 0.239. The van der Waals surface area contributed by atoms with Crippen LogP contribution in [0.15, 0.2) is 59.3 Å². The molecular weight excluding hydrogens is 360 g/mol. The molecule has 4 unspecified atom stereocenters. The van der Waals surface area contributed by atoms with Crippen LogP contribution in [-0.2, 0) is 0 Å². The first-order valence-electron chi connectivity index (χ1n) is 12.5. The summed E-state index contributed by atoms with van der Waals surface area (Å²) in [6.07, 6.45) is 18.9. The summed E-state index contributed by atoms with van der Waals surface area (Å²) in [6, 6.07) is 0. The van der Waals surface area contributed by atoms with Gasteiger partial charge in [-0.05, 0) is 97.5 Å². The van der Waals surface area contributed by atoms with Gasteiger partial charge in [0.2, 0.25) is 0 Å². The van der Waals surface area contributed by atoms with Gasteiger partial charge in [0.1, 0.15) is 0 Å². The summed E-state index contributed by atoms with van der Waals surface area (Å²) in [7, 11) is 0. The lowest BCUT2D eigenvalue weighted by Crippen LogP contribution is -2.30. The van der Waals surface area contributed by atoms with Crippen molar-refractivity contribution >= 4 is 0 Å². The van der Waals surface area contributed by atoms with Crippen LogP contribution in [0, 0.1) is 28.6 Å². The molecule has 30 heavy (non-hydrogen) atoms. The van der Waals surface area contributed by atoms with Crippen molar-refractivity contribution in [3.63, 3.8) is 0 Å². The summed E-state index contributed by atoms with van der Waals surface area (Å²) in [5, 5.41) is 0. The second kappa shape index (κ2) is 9.05. The van der Waals surface area contributed by atoms with Crippen molar-refractivity contribution in [3.05, 3.63) is 59.3 Å². The van der Waals surface area contributed by atoms with Crippen molar-refractivity contribution in [2.75, 3.05) is 0 Å². The SMILES string of the molecule is C=C1/C(=C\C=C2/CCCC3(C)C(CCCC(=C)C(C)(C)C)=CCC23)CC(C)CC1C. The zero-order valence-electron chi connectivity index (χ0n) is 20.7. The van der Waals surface area contributed by atoms with Crippen molar-refractivity contribution in [3.8, 4) is 0 Å². The van der Waals surface area contributed by atoms with Gasteiger partial charge in [-0.3, -0.25) is 0 Å². The van der Waals surface area contributed by atoms with Crippen LogP contribution in [0.1, 0.15) is 99.3 Å². The Bertz CT molecular complexity index is 762. The second-order valence-corrected chi connectivity index (χ2v) is 11.9. The largest absolute Gasteiger partial charge is 0.0993 e. The van der Waals surface area contributed by atoms with Gasteiger partial charge >= 0.3 is 0 Å². The molecule has 3 aliphatic rings. The van der Waals surface area contributed by atoms with Crippen LogP contribution >= 0.6 is 0 Å². The standard InChI is InChI=1S/C30H46/c1-21-19-22(2)24(4)26(20-21)15-14-25-12-10-18-30(8)27(16-17-28(25)30)13-9-11-23(3)29(5,6)7/h14-16,21-22,28H,3-4,9-13,17-20H2,1-2,5-8H3/b25-14+,26-15-. The number of fused-ring (bicyclic) bond motifs is 1. The van der Waals surface area contributed by atoms with Crippen LogP contribution in [0.5, 0.6) is 0 Å². The third kappa shape index (κ3) is 4.95. The Morgan fingerprint density at radius 1 is 1.23 bits per heavy atom. The molecule has 3 rings (SSSR count). The Morgan fingerprint density at radius 3 is 2.67 bits per heavy atom. The average molecular weight is 407 g/mol. The highest BCUT2D eigenvalue weighted by Crippen LogP contribution is 2.56. The molecule has 0 aromatic rings. The van der Waals surface area contributed by atoms with Gasteiger partial charge in [-0.25, -0.2) is 0 Å². The first-order chi connectivity index (χ1) is 14.0. The fraction of sp³-hybridized carbons (Fsp3) is 0.667. The van der Waals surface area contributed by atoms with E-state index in [1.807, 2.05) is 0 Å². The average Bonchev–Trinajstić information content (AvgIpc) is 2.99. The fourth-order valence-electron chi connectivity index (χ4n) is 6.20. The second-order valence-electron chi connectivity index (χ2n) is 11.9. The molecule has 0 heterocycles. The summed E-state index contributed by atoms with van der Waals surface area (Å²) in [6.45, 7) is 22.9. The van der Waals surface area contributed by atoms with Gasteiger partial charge in [0.05, 0.1) is 0 Å². The summed E-state index contributed by atoms with van der Waals surface area (Å²) < 4.78 is 0. The first-order valence-corrected chi connectivity index (χ1v) is 12.5. The van der Waals surface area contributed by atoms with Crippen LogP contribution < -0.4 is 0 Å². The van der Waals surface area contributed by atoms with Crippen LogP contribution in [0.2, 0.25) is 0 Å². The maximum Gasteiger partial charge on any atom is -0.00478 e. The summed E-state index contributed by atoms with van der Waals surface area (Å²) in [5.41, 5.74) is 8.34. The van der Waals surface area contributed by atoms with E-state index < -0.39 is 0 Å². The Labute approximate surface area is 187 Å². The van der Waals surface area contributed by atoms with Gasteiger partial charge in [-0.15, -0.1) is 0 Å². The van der Waals surface area contributed by atoms with E-state index >= 15 is 0 Å². The molecule has 0 bridgehead atoms. The minimum atomic E-state index is 0.239. The van der Waals surface area contributed by atoms with Crippen LogP contribution in [0.25, 0.3) is 0 Å². The number of allylic oxidation sites excluding steroid dienone is 8. The molecule has 4 atom stereocenters. The van der Waals surface area contributed by atoms with E-state index in [2.05, 4.69) is 72.9 Å². The third-order valence-corrected chi connectivity index (χ3v) is 8.53. The molecule has 0 aromatic carbocycles. The molecule has 0 nitrogen and oxygen atoms in total. The molecule has 3 aliphatic carbocycles. The Hall–Kier alpha value is -1.30. The molecule has 0 aliphatic heterocycles. The van der Waals surface area contributed by atoms with Crippen molar-refractivity contribution < 1.29 is 0 Å². The lowest BCUT2D eigenvalue weighted by Gasteiger charge is -2.41. The lowest BCUT2D eigenvalue weighted by atomic mass is 9.63. The van der Waals surface area contributed by atoms with Crippen LogP contribution in [0.3, 0.4) is 0 Å². The van der Waals surface area contributed by atoms with E-state index in [4.69, 9.17) is 0 Å². The molecule has 166 valence electrons.